The summed E-state index contributed by atoms with van der Waals surface area (Å²) in [4.78, 5) is 0. The molecule has 1 nitrogen and oxygen atoms in total. The largest absolute Gasteiger partial charge is 0.397 e. The van der Waals surface area contributed by atoms with Crippen molar-refractivity contribution in [3.05, 3.63) is 41.6 Å². The fourth-order valence-corrected chi connectivity index (χ4v) is 2.42. The molecule has 0 amide bonds. The van der Waals surface area contributed by atoms with Gasteiger partial charge in [-0.05, 0) is 38.3 Å². The number of rotatable bonds is 3. The van der Waals surface area contributed by atoms with Crippen LogP contribution in [0.1, 0.15) is 0 Å². The molecule has 0 aliphatic rings. The third-order valence-electron chi connectivity index (χ3n) is 2.56. The Morgan fingerprint density at radius 1 is 1.43 bits per heavy atom. The summed E-state index contributed by atoms with van der Waals surface area (Å²) in [5, 5.41) is 0.781. The average Bonchev–Trinajstić information content (AvgIpc) is 2.16. The summed E-state index contributed by atoms with van der Waals surface area (Å²) in [6.07, 6.45) is 0. The van der Waals surface area contributed by atoms with Crippen LogP contribution in [0.3, 0.4) is 0 Å². The molecule has 1 rings (SSSR count). The summed E-state index contributed by atoms with van der Waals surface area (Å²) in [6.45, 7) is 8.39. The standard InChI is InChI=1S/C11H16ClNSi/c1-5-14(3,4)13(2)11-8-6-7-10(12)9-11/h5-9H,1H2,2-4H3. The number of anilines is 1. The van der Waals surface area contributed by atoms with Gasteiger partial charge in [0.15, 0.2) is 8.24 Å². The van der Waals surface area contributed by atoms with Crippen LogP contribution in [0.4, 0.5) is 5.69 Å². The Kier molecular flexibility index (Phi) is 3.40. The van der Waals surface area contributed by atoms with Gasteiger partial charge in [-0.3, -0.25) is 0 Å². The molecular formula is C11H16ClNSi. The molecule has 0 spiro atoms. The van der Waals surface area contributed by atoms with Gasteiger partial charge in [-0.1, -0.05) is 23.4 Å². The molecule has 0 unspecified atom stereocenters. The monoisotopic (exact) mass is 225 g/mol. The minimum absolute atomic E-state index is 0.781. The Balaban J connectivity index is 3.00. The highest BCUT2D eigenvalue weighted by atomic mass is 35.5. The van der Waals surface area contributed by atoms with Crippen LogP contribution >= 0.6 is 11.6 Å². The maximum absolute atomic E-state index is 5.95. The first-order chi connectivity index (χ1) is 6.47. The van der Waals surface area contributed by atoms with E-state index in [1.54, 1.807) is 0 Å². The van der Waals surface area contributed by atoms with E-state index in [0.29, 0.717) is 0 Å². The second-order valence-corrected chi connectivity index (χ2v) is 8.72. The van der Waals surface area contributed by atoms with Gasteiger partial charge in [0.25, 0.3) is 0 Å². The van der Waals surface area contributed by atoms with Crippen LogP contribution < -0.4 is 4.57 Å². The van der Waals surface area contributed by atoms with E-state index in [0.717, 1.165) is 10.7 Å². The molecule has 0 radical (unpaired) electrons. The van der Waals surface area contributed by atoms with Crippen LogP contribution in [-0.2, 0) is 0 Å². The summed E-state index contributed by atoms with van der Waals surface area (Å²) >= 11 is 5.95. The van der Waals surface area contributed by atoms with Crippen molar-refractivity contribution in [1.82, 2.24) is 0 Å². The van der Waals surface area contributed by atoms with Gasteiger partial charge in [-0.25, -0.2) is 0 Å². The molecule has 3 heteroatoms. The van der Waals surface area contributed by atoms with Gasteiger partial charge in [0.05, 0.1) is 0 Å². The van der Waals surface area contributed by atoms with Crippen LogP contribution in [0.25, 0.3) is 0 Å². The van der Waals surface area contributed by atoms with Gasteiger partial charge in [0, 0.05) is 10.7 Å². The summed E-state index contributed by atoms with van der Waals surface area (Å²) < 4.78 is 2.28. The first-order valence-corrected chi connectivity index (χ1v) is 8.00. The van der Waals surface area contributed by atoms with Crippen molar-refractivity contribution in [3.8, 4) is 0 Å². The number of hydrogen-bond donors (Lipinski definition) is 0. The summed E-state index contributed by atoms with van der Waals surface area (Å²) in [7, 11) is 0.591. The van der Waals surface area contributed by atoms with Gasteiger partial charge in [0.2, 0.25) is 0 Å². The highest BCUT2D eigenvalue weighted by Gasteiger charge is 2.22. The van der Waals surface area contributed by atoms with Crippen LogP contribution in [0.5, 0.6) is 0 Å². The van der Waals surface area contributed by atoms with Gasteiger partial charge in [-0.2, -0.15) is 0 Å². The smallest absolute Gasteiger partial charge is 0.173 e. The lowest BCUT2D eigenvalue weighted by molar-refractivity contribution is 1.26. The second-order valence-electron chi connectivity index (χ2n) is 3.90. The highest BCUT2D eigenvalue weighted by molar-refractivity contribution is 6.85. The van der Waals surface area contributed by atoms with Crippen molar-refractivity contribution in [3.63, 3.8) is 0 Å². The van der Waals surface area contributed by atoms with E-state index < -0.39 is 8.24 Å². The molecule has 0 heterocycles. The molecule has 0 bridgehead atoms. The third-order valence-corrected chi connectivity index (χ3v) is 5.78. The van der Waals surface area contributed by atoms with E-state index in [2.05, 4.69) is 43.1 Å². The molecule has 0 atom stereocenters. The van der Waals surface area contributed by atoms with Crippen LogP contribution in [0.2, 0.25) is 18.1 Å². The predicted octanol–water partition coefficient (Wildman–Crippen LogP) is 3.71. The quantitative estimate of drug-likeness (QED) is 0.709. The fourth-order valence-electron chi connectivity index (χ4n) is 1.15. The van der Waals surface area contributed by atoms with Gasteiger partial charge in [0.1, 0.15) is 0 Å². The lowest BCUT2D eigenvalue weighted by Gasteiger charge is -2.32. The number of hydrogen-bond acceptors (Lipinski definition) is 1. The third kappa shape index (κ3) is 2.40. The van der Waals surface area contributed by atoms with Crippen molar-refractivity contribution >= 4 is 25.5 Å². The molecular weight excluding hydrogens is 210 g/mol. The summed E-state index contributed by atoms with van der Waals surface area (Å²) in [5.74, 6) is 0. The number of nitrogens with zero attached hydrogens (tertiary/aromatic N) is 1. The molecule has 0 aromatic heterocycles. The molecule has 0 aliphatic carbocycles. The number of halogens is 1. The molecule has 0 fully saturated rings. The first-order valence-electron chi connectivity index (χ1n) is 4.60. The SMILES string of the molecule is C=C[Si](C)(C)N(C)c1cccc(Cl)c1. The van der Waals surface area contributed by atoms with E-state index in [1.807, 2.05) is 18.2 Å². The second kappa shape index (κ2) is 4.19. The van der Waals surface area contributed by atoms with Crippen LogP contribution in [0, 0.1) is 0 Å². The van der Waals surface area contributed by atoms with Crippen molar-refractivity contribution in [1.29, 1.82) is 0 Å². The molecule has 0 saturated carbocycles. The van der Waals surface area contributed by atoms with Crippen LogP contribution in [-0.4, -0.2) is 15.3 Å². The lowest BCUT2D eigenvalue weighted by atomic mass is 10.3. The zero-order valence-electron chi connectivity index (χ0n) is 8.92. The number of benzene rings is 1. The fraction of sp³-hybridized carbons (Fsp3) is 0.273. The Labute approximate surface area is 92.1 Å². The van der Waals surface area contributed by atoms with E-state index in [1.165, 1.54) is 0 Å². The van der Waals surface area contributed by atoms with Gasteiger partial charge < -0.3 is 4.57 Å². The maximum atomic E-state index is 5.95. The van der Waals surface area contributed by atoms with Crippen LogP contribution in [0.15, 0.2) is 36.5 Å². The van der Waals surface area contributed by atoms with E-state index in [9.17, 15) is 0 Å². The average molecular weight is 226 g/mol. The highest BCUT2D eigenvalue weighted by Crippen LogP contribution is 2.23. The molecule has 0 aliphatic heterocycles. The van der Waals surface area contributed by atoms with E-state index >= 15 is 0 Å². The molecule has 14 heavy (non-hydrogen) atoms. The first kappa shape index (κ1) is 11.3. The Morgan fingerprint density at radius 3 is 2.57 bits per heavy atom. The zero-order valence-corrected chi connectivity index (χ0v) is 10.7. The lowest BCUT2D eigenvalue weighted by Crippen LogP contribution is -2.44. The maximum Gasteiger partial charge on any atom is 0.173 e. The molecule has 76 valence electrons. The minimum atomic E-state index is -1.51. The zero-order chi connectivity index (χ0) is 10.8. The molecule has 1 aromatic rings. The minimum Gasteiger partial charge on any atom is -0.397 e. The molecule has 1 aromatic carbocycles. The summed E-state index contributed by atoms with van der Waals surface area (Å²) in [6, 6.07) is 7.92. The van der Waals surface area contributed by atoms with Crippen molar-refractivity contribution in [2.24, 2.45) is 0 Å². The normalized spacial score (nSPS) is 11.1. The topological polar surface area (TPSA) is 3.24 Å². The van der Waals surface area contributed by atoms with Gasteiger partial charge >= 0.3 is 0 Å². The molecule has 0 saturated heterocycles. The Bertz CT molecular complexity index is 336. The van der Waals surface area contributed by atoms with Crippen molar-refractivity contribution in [2.45, 2.75) is 13.1 Å². The van der Waals surface area contributed by atoms with Crippen molar-refractivity contribution < 1.29 is 0 Å². The predicted molar refractivity (Wildman–Crippen MR) is 67.5 cm³/mol. The molecule has 0 N–H and O–H groups in total. The van der Waals surface area contributed by atoms with E-state index in [-0.39, 0.29) is 0 Å². The van der Waals surface area contributed by atoms with E-state index in [4.69, 9.17) is 11.6 Å². The van der Waals surface area contributed by atoms with Gasteiger partial charge in [-0.15, -0.1) is 6.58 Å². The summed E-state index contributed by atoms with van der Waals surface area (Å²) in [5.41, 5.74) is 3.22. The Morgan fingerprint density at radius 2 is 2.07 bits per heavy atom. The van der Waals surface area contributed by atoms with Crippen molar-refractivity contribution in [2.75, 3.05) is 11.6 Å². The Hall–Kier alpha value is -0.733.